The molecule has 0 bridgehead atoms. The molecule has 0 amide bonds. The van der Waals surface area contributed by atoms with Gasteiger partial charge in [0, 0.05) is 11.1 Å². The van der Waals surface area contributed by atoms with E-state index < -0.39 is 11.8 Å². The molecular weight excluding hydrogens is 442 g/mol. The number of alkyl halides is 1. The van der Waals surface area contributed by atoms with Gasteiger partial charge in [-0.05, 0) is 65.6 Å². The third-order valence-electron chi connectivity index (χ3n) is 6.69. The molecule has 0 saturated carbocycles. The normalized spacial score (nSPS) is 16.1. The monoisotopic (exact) mass is 476 g/mol. The molecule has 1 unspecified atom stereocenters. The second kappa shape index (κ2) is 8.89. The summed E-state index contributed by atoms with van der Waals surface area (Å²) in [5.74, 6) is -0.0384. The SMILES string of the molecule is CC(C)c1cc2c(c(-c3ccc(F)cc3)c1C(F)c1ccc(C(C)(C)C)cc1)C(=O)CC(C)(C)O2. The van der Waals surface area contributed by atoms with Crippen LogP contribution < -0.4 is 4.74 Å². The van der Waals surface area contributed by atoms with Gasteiger partial charge in [-0.3, -0.25) is 4.79 Å². The molecule has 1 heterocycles. The molecule has 0 fully saturated rings. The van der Waals surface area contributed by atoms with Crippen molar-refractivity contribution in [3.63, 3.8) is 0 Å². The Labute approximate surface area is 207 Å². The molecule has 0 radical (unpaired) electrons. The van der Waals surface area contributed by atoms with Gasteiger partial charge in [0.1, 0.15) is 17.2 Å². The Bertz CT molecular complexity index is 1250. The molecule has 35 heavy (non-hydrogen) atoms. The molecule has 4 rings (SSSR count). The molecule has 1 aliphatic heterocycles. The molecule has 3 aromatic carbocycles. The van der Waals surface area contributed by atoms with Gasteiger partial charge in [0.15, 0.2) is 12.0 Å². The maximum absolute atomic E-state index is 16.6. The first kappa shape index (κ1) is 25.1. The summed E-state index contributed by atoms with van der Waals surface area (Å²) in [5, 5.41) is 0. The second-order valence-corrected chi connectivity index (χ2v) is 11.5. The molecule has 1 atom stereocenters. The van der Waals surface area contributed by atoms with Crippen LogP contribution in [0.15, 0.2) is 54.6 Å². The van der Waals surface area contributed by atoms with Crippen molar-refractivity contribution in [2.45, 2.75) is 78.0 Å². The molecule has 3 aromatic rings. The number of hydrogen-bond acceptors (Lipinski definition) is 2. The highest BCUT2D eigenvalue weighted by Gasteiger charge is 2.38. The third-order valence-corrected chi connectivity index (χ3v) is 6.69. The van der Waals surface area contributed by atoms with Crippen molar-refractivity contribution in [1.29, 1.82) is 0 Å². The summed E-state index contributed by atoms with van der Waals surface area (Å²) in [5.41, 5.74) is 3.65. The van der Waals surface area contributed by atoms with E-state index in [4.69, 9.17) is 4.74 Å². The zero-order valence-corrected chi connectivity index (χ0v) is 21.6. The van der Waals surface area contributed by atoms with Crippen LogP contribution in [0.1, 0.15) is 99.6 Å². The lowest BCUT2D eigenvalue weighted by Crippen LogP contribution is -2.36. The van der Waals surface area contributed by atoms with Gasteiger partial charge >= 0.3 is 0 Å². The summed E-state index contributed by atoms with van der Waals surface area (Å²) >= 11 is 0. The number of hydrogen-bond donors (Lipinski definition) is 0. The molecule has 4 heteroatoms. The van der Waals surface area contributed by atoms with Crippen molar-refractivity contribution in [3.8, 4) is 16.9 Å². The lowest BCUT2D eigenvalue weighted by atomic mass is 9.79. The smallest absolute Gasteiger partial charge is 0.171 e. The molecule has 0 saturated heterocycles. The van der Waals surface area contributed by atoms with Crippen LogP contribution in [-0.2, 0) is 5.41 Å². The molecule has 1 aliphatic rings. The summed E-state index contributed by atoms with van der Waals surface area (Å²) < 4.78 is 36.6. The zero-order valence-electron chi connectivity index (χ0n) is 21.6. The summed E-state index contributed by atoms with van der Waals surface area (Å²) in [6.45, 7) is 14.1. The van der Waals surface area contributed by atoms with E-state index in [-0.39, 0.29) is 29.4 Å². The molecular formula is C31H34F2O2. The highest BCUT2D eigenvalue weighted by molar-refractivity contribution is 6.07. The summed E-state index contributed by atoms with van der Waals surface area (Å²) in [7, 11) is 0. The molecule has 0 N–H and O–H groups in total. The van der Waals surface area contributed by atoms with E-state index in [1.54, 1.807) is 12.1 Å². The molecule has 0 spiro atoms. The van der Waals surface area contributed by atoms with Gasteiger partial charge in [-0.2, -0.15) is 0 Å². The van der Waals surface area contributed by atoms with Crippen LogP contribution >= 0.6 is 0 Å². The van der Waals surface area contributed by atoms with E-state index >= 15 is 4.39 Å². The zero-order chi connectivity index (χ0) is 25.7. The van der Waals surface area contributed by atoms with Crippen molar-refractivity contribution in [1.82, 2.24) is 0 Å². The number of carbonyl (C=O) groups is 1. The van der Waals surface area contributed by atoms with E-state index in [9.17, 15) is 9.18 Å². The van der Waals surface area contributed by atoms with Gasteiger partial charge in [-0.25, -0.2) is 8.78 Å². The number of rotatable bonds is 4. The predicted octanol–water partition coefficient (Wildman–Crippen LogP) is 8.72. The first-order valence-electron chi connectivity index (χ1n) is 12.2. The van der Waals surface area contributed by atoms with Gasteiger partial charge in [-0.15, -0.1) is 0 Å². The fourth-order valence-corrected chi connectivity index (χ4v) is 4.85. The van der Waals surface area contributed by atoms with Gasteiger partial charge < -0.3 is 4.74 Å². The number of ketones is 1. The Morgan fingerprint density at radius 3 is 2.09 bits per heavy atom. The minimum absolute atomic E-state index is 0.0228. The summed E-state index contributed by atoms with van der Waals surface area (Å²) in [4.78, 5) is 13.4. The second-order valence-electron chi connectivity index (χ2n) is 11.5. The Hall–Kier alpha value is -3.01. The first-order valence-corrected chi connectivity index (χ1v) is 12.2. The van der Waals surface area contributed by atoms with Crippen molar-refractivity contribution in [2.75, 3.05) is 0 Å². The van der Waals surface area contributed by atoms with Gasteiger partial charge in [0.25, 0.3) is 0 Å². The Kier molecular flexibility index (Phi) is 6.37. The Morgan fingerprint density at radius 2 is 1.54 bits per heavy atom. The number of benzene rings is 3. The van der Waals surface area contributed by atoms with Crippen LogP contribution in [0.25, 0.3) is 11.1 Å². The summed E-state index contributed by atoms with van der Waals surface area (Å²) in [6.07, 6.45) is -1.28. The van der Waals surface area contributed by atoms with Crippen molar-refractivity contribution >= 4 is 5.78 Å². The molecule has 2 nitrogen and oxygen atoms in total. The minimum atomic E-state index is -1.46. The number of Topliss-reactive ketones (excluding diaryl/α,β-unsaturated/α-hetero) is 1. The van der Waals surface area contributed by atoms with Crippen molar-refractivity contribution in [3.05, 3.63) is 88.2 Å². The Balaban J connectivity index is 2.01. The summed E-state index contributed by atoms with van der Waals surface area (Å²) in [6, 6.07) is 15.3. The molecule has 184 valence electrons. The highest BCUT2D eigenvalue weighted by atomic mass is 19.1. The van der Waals surface area contributed by atoms with E-state index in [2.05, 4.69) is 20.8 Å². The van der Waals surface area contributed by atoms with Gasteiger partial charge in [0.05, 0.1) is 12.0 Å². The van der Waals surface area contributed by atoms with E-state index in [0.717, 1.165) is 11.1 Å². The van der Waals surface area contributed by atoms with Crippen LogP contribution in [0.2, 0.25) is 0 Å². The quantitative estimate of drug-likeness (QED) is 0.376. The fraction of sp³-hybridized carbons (Fsp3) is 0.387. The lowest BCUT2D eigenvalue weighted by Gasteiger charge is -2.35. The van der Waals surface area contributed by atoms with Crippen LogP contribution in [-0.4, -0.2) is 11.4 Å². The maximum Gasteiger partial charge on any atom is 0.171 e. The third kappa shape index (κ3) is 4.89. The van der Waals surface area contributed by atoms with Crippen LogP contribution in [0, 0.1) is 5.82 Å². The van der Waals surface area contributed by atoms with E-state index in [1.165, 1.54) is 12.1 Å². The van der Waals surface area contributed by atoms with Crippen LogP contribution in [0.3, 0.4) is 0 Å². The average Bonchev–Trinajstić information content (AvgIpc) is 2.76. The van der Waals surface area contributed by atoms with Crippen molar-refractivity contribution in [2.24, 2.45) is 0 Å². The van der Waals surface area contributed by atoms with Gasteiger partial charge in [-0.1, -0.05) is 71.0 Å². The number of fused-ring (bicyclic) bond motifs is 1. The van der Waals surface area contributed by atoms with E-state index in [1.807, 2.05) is 58.0 Å². The fourth-order valence-electron chi connectivity index (χ4n) is 4.85. The largest absolute Gasteiger partial charge is 0.487 e. The number of halogens is 2. The van der Waals surface area contributed by atoms with Crippen LogP contribution in [0.5, 0.6) is 5.75 Å². The maximum atomic E-state index is 16.6. The topological polar surface area (TPSA) is 26.3 Å². The first-order chi connectivity index (χ1) is 16.3. The van der Waals surface area contributed by atoms with Gasteiger partial charge in [0.2, 0.25) is 0 Å². The van der Waals surface area contributed by atoms with Crippen molar-refractivity contribution < 1.29 is 18.3 Å². The van der Waals surface area contributed by atoms with E-state index in [0.29, 0.717) is 33.6 Å². The number of carbonyl (C=O) groups excluding carboxylic acids is 1. The molecule has 0 aromatic heterocycles. The minimum Gasteiger partial charge on any atom is -0.487 e. The lowest BCUT2D eigenvalue weighted by molar-refractivity contribution is 0.0620. The highest BCUT2D eigenvalue weighted by Crippen LogP contribution is 2.48. The van der Waals surface area contributed by atoms with Crippen LogP contribution in [0.4, 0.5) is 8.78 Å². The average molecular weight is 477 g/mol. The Morgan fingerprint density at radius 1 is 0.943 bits per heavy atom. The standard InChI is InChI=1S/C31H34F2O2/c1-18(2)23-16-25-28(24(34)17-31(6,7)35-25)26(19-10-14-22(32)15-11-19)27(23)29(33)20-8-12-21(13-9-20)30(3,4)5/h8-16,18,29H,17H2,1-7H3. The molecule has 0 aliphatic carbocycles. The number of ether oxygens (including phenoxy) is 1. The predicted molar refractivity (Wildman–Crippen MR) is 138 cm³/mol.